The first-order valence-electron chi connectivity index (χ1n) is 8.86. The van der Waals surface area contributed by atoms with Crippen LogP contribution >= 0.6 is 0 Å². The van der Waals surface area contributed by atoms with E-state index in [0.717, 1.165) is 0 Å². The number of carboxylic acids is 1. The Morgan fingerprint density at radius 2 is 1.79 bits per heavy atom. The van der Waals surface area contributed by atoms with Crippen molar-refractivity contribution in [3.63, 3.8) is 0 Å². The molecule has 4 rings (SSSR count). The number of carbonyl (C=O) groups excluding carboxylic acids is 2. The van der Waals surface area contributed by atoms with Crippen molar-refractivity contribution < 1.29 is 23.8 Å². The number of carboxylic acid groups (broad SMARTS) is 1. The number of para-hydroxylation sites is 1. The Labute approximate surface area is 165 Å². The largest absolute Gasteiger partial charge is 0.545 e. The second-order valence-corrected chi connectivity index (χ2v) is 7.09. The zero-order valence-electron chi connectivity index (χ0n) is 15.6. The molecular weight excluding hydrogens is 374 g/mol. The number of hydrogen-bond acceptors (Lipinski definition) is 7. The van der Waals surface area contributed by atoms with Crippen molar-refractivity contribution in [1.29, 1.82) is 0 Å². The molecule has 7 nitrogen and oxygen atoms in total. The van der Waals surface area contributed by atoms with Gasteiger partial charge in [0.25, 0.3) is 0 Å². The van der Waals surface area contributed by atoms with Gasteiger partial charge in [-0.3, -0.25) is 4.79 Å². The molecule has 29 heavy (non-hydrogen) atoms. The summed E-state index contributed by atoms with van der Waals surface area (Å²) < 4.78 is 11.2. The highest BCUT2D eigenvalue weighted by Gasteiger charge is 2.40. The Bertz CT molecular complexity index is 1250. The van der Waals surface area contributed by atoms with E-state index in [1.54, 1.807) is 50.2 Å². The van der Waals surface area contributed by atoms with Crippen molar-refractivity contribution >= 4 is 34.0 Å². The summed E-state index contributed by atoms with van der Waals surface area (Å²) >= 11 is 0. The van der Waals surface area contributed by atoms with Crippen LogP contribution in [0.3, 0.4) is 0 Å². The fourth-order valence-corrected chi connectivity index (χ4v) is 3.29. The predicted octanol–water partition coefficient (Wildman–Crippen LogP) is 2.35. The Morgan fingerprint density at radius 1 is 1.07 bits per heavy atom. The molecule has 1 aliphatic heterocycles. The third-order valence-electron chi connectivity index (χ3n) is 4.70. The third kappa shape index (κ3) is 3.16. The molecule has 0 spiro atoms. The number of benzene rings is 2. The molecule has 1 aliphatic rings. The van der Waals surface area contributed by atoms with Gasteiger partial charge in [0, 0.05) is 28.9 Å². The number of carbonyl (C=O) groups is 2. The fraction of sp³-hybridized carbons (Fsp3) is 0.136. The Kier molecular flexibility index (Phi) is 4.23. The first-order chi connectivity index (χ1) is 13.8. The lowest BCUT2D eigenvalue weighted by atomic mass is 9.87. The third-order valence-corrected chi connectivity index (χ3v) is 4.70. The SMILES string of the molecule is CC1(C)Oc2ccc3ccc(=O)oc3c2/C(=C/Nc2ccccc2C(=O)[O-])C1=O. The average Bonchev–Trinajstić information content (AvgIpc) is 2.68. The van der Waals surface area contributed by atoms with E-state index in [1.807, 2.05) is 0 Å². The van der Waals surface area contributed by atoms with Crippen molar-refractivity contribution in [3.8, 4) is 5.75 Å². The summed E-state index contributed by atoms with van der Waals surface area (Å²) in [6.45, 7) is 3.26. The molecule has 2 aromatic carbocycles. The molecule has 3 aromatic rings. The quantitative estimate of drug-likeness (QED) is 0.540. The maximum atomic E-state index is 13.1. The summed E-state index contributed by atoms with van der Waals surface area (Å²) in [5.41, 5.74) is -0.727. The molecule has 0 saturated carbocycles. The number of nitrogens with one attached hydrogen (secondary N) is 1. The van der Waals surface area contributed by atoms with Crippen molar-refractivity contribution in [2.24, 2.45) is 0 Å². The minimum absolute atomic E-state index is 0.0483. The van der Waals surface area contributed by atoms with Gasteiger partial charge in [0.05, 0.1) is 17.1 Å². The first-order valence-corrected chi connectivity index (χ1v) is 8.86. The lowest BCUT2D eigenvalue weighted by Crippen LogP contribution is -2.42. The summed E-state index contributed by atoms with van der Waals surface area (Å²) in [6, 6.07) is 12.5. The molecule has 0 amide bonds. The van der Waals surface area contributed by atoms with Gasteiger partial charge in [-0.15, -0.1) is 0 Å². The second-order valence-electron chi connectivity index (χ2n) is 7.09. The highest BCUT2D eigenvalue weighted by atomic mass is 16.5. The molecule has 1 aromatic heterocycles. The molecule has 0 aliphatic carbocycles. The van der Waals surface area contributed by atoms with Gasteiger partial charge in [-0.25, -0.2) is 4.79 Å². The smallest absolute Gasteiger partial charge is 0.336 e. The van der Waals surface area contributed by atoms with E-state index in [0.29, 0.717) is 16.7 Å². The fourth-order valence-electron chi connectivity index (χ4n) is 3.29. The predicted molar refractivity (Wildman–Crippen MR) is 105 cm³/mol. The summed E-state index contributed by atoms with van der Waals surface area (Å²) in [7, 11) is 0. The zero-order chi connectivity index (χ0) is 20.8. The van der Waals surface area contributed by atoms with Crippen molar-refractivity contribution in [3.05, 3.63) is 76.3 Å². The van der Waals surface area contributed by atoms with Crippen molar-refractivity contribution in [2.75, 3.05) is 5.32 Å². The van der Waals surface area contributed by atoms with E-state index < -0.39 is 17.2 Å². The monoisotopic (exact) mass is 390 g/mol. The van der Waals surface area contributed by atoms with Gasteiger partial charge in [0.2, 0.25) is 5.78 Å². The summed E-state index contributed by atoms with van der Waals surface area (Å²) in [4.78, 5) is 36.2. The van der Waals surface area contributed by atoms with Crippen LogP contribution in [-0.4, -0.2) is 17.4 Å². The molecule has 0 radical (unpaired) electrons. The van der Waals surface area contributed by atoms with Crippen LogP contribution in [0.1, 0.15) is 29.8 Å². The number of anilines is 1. The van der Waals surface area contributed by atoms with Gasteiger partial charge in [-0.1, -0.05) is 18.2 Å². The van der Waals surface area contributed by atoms with Gasteiger partial charge >= 0.3 is 5.63 Å². The van der Waals surface area contributed by atoms with Crippen LogP contribution in [0.25, 0.3) is 16.5 Å². The van der Waals surface area contributed by atoms with E-state index in [9.17, 15) is 19.5 Å². The number of fused-ring (bicyclic) bond motifs is 3. The zero-order valence-corrected chi connectivity index (χ0v) is 15.6. The van der Waals surface area contributed by atoms with Gasteiger partial charge < -0.3 is 24.4 Å². The number of ether oxygens (including phenoxy) is 1. The second kappa shape index (κ2) is 6.63. The van der Waals surface area contributed by atoms with E-state index >= 15 is 0 Å². The van der Waals surface area contributed by atoms with Gasteiger partial charge in [-0.05, 0) is 38.1 Å². The standard InChI is InChI=1S/C22H17NO6/c1-22(2)20(25)14(11-23-15-6-4-3-5-13(15)21(26)27)18-16(29-22)9-7-12-8-10-17(24)28-19(12)18/h3-11,23H,1-2H3,(H,26,27)/p-1/b14-11-. The van der Waals surface area contributed by atoms with Crippen LogP contribution in [0, 0.1) is 0 Å². The van der Waals surface area contributed by atoms with Crippen LogP contribution in [0.15, 0.2) is 63.9 Å². The number of ketones is 1. The van der Waals surface area contributed by atoms with Crippen LogP contribution in [0.4, 0.5) is 5.69 Å². The Morgan fingerprint density at radius 3 is 2.55 bits per heavy atom. The summed E-state index contributed by atoms with van der Waals surface area (Å²) in [5.74, 6) is -1.30. The molecule has 0 unspecified atom stereocenters. The van der Waals surface area contributed by atoms with E-state index in [4.69, 9.17) is 9.15 Å². The van der Waals surface area contributed by atoms with Crippen LogP contribution in [0.5, 0.6) is 5.75 Å². The number of rotatable bonds is 3. The molecule has 146 valence electrons. The molecule has 0 atom stereocenters. The van der Waals surface area contributed by atoms with E-state index in [2.05, 4.69) is 5.32 Å². The molecular formula is C22H16NO6-. The minimum atomic E-state index is -1.35. The van der Waals surface area contributed by atoms with Crippen LogP contribution in [0.2, 0.25) is 0 Å². The number of aromatic carboxylic acids is 1. The normalized spacial score (nSPS) is 16.3. The summed E-state index contributed by atoms with van der Waals surface area (Å²) in [6.07, 6.45) is 1.40. The van der Waals surface area contributed by atoms with E-state index in [1.165, 1.54) is 18.3 Å². The van der Waals surface area contributed by atoms with Crippen molar-refractivity contribution in [2.45, 2.75) is 19.4 Å². The summed E-state index contributed by atoms with van der Waals surface area (Å²) in [5, 5.41) is 14.8. The topological polar surface area (TPSA) is 109 Å². The molecule has 0 fully saturated rings. The van der Waals surface area contributed by atoms with Crippen molar-refractivity contribution in [1.82, 2.24) is 0 Å². The van der Waals surface area contributed by atoms with Crippen LogP contribution in [-0.2, 0) is 4.79 Å². The maximum absolute atomic E-state index is 13.1. The highest BCUT2D eigenvalue weighted by molar-refractivity contribution is 6.28. The van der Waals surface area contributed by atoms with Crippen LogP contribution < -0.4 is 20.8 Å². The molecule has 1 N–H and O–H groups in total. The average molecular weight is 390 g/mol. The van der Waals surface area contributed by atoms with E-state index in [-0.39, 0.29) is 28.2 Å². The van der Waals surface area contributed by atoms with Gasteiger partial charge in [0.1, 0.15) is 11.3 Å². The Balaban J connectivity index is 1.92. The maximum Gasteiger partial charge on any atom is 0.336 e. The minimum Gasteiger partial charge on any atom is -0.545 e. The highest BCUT2D eigenvalue weighted by Crippen LogP contribution is 2.41. The number of Topliss-reactive ketones (excluding diaryl/α,β-unsaturated/α-hetero) is 1. The molecule has 2 heterocycles. The van der Waals surface area contributed by atoms with Gasteiger partial charge in [0.15, 0.2) is 5.60 Å². The van der Waals surface area contributed by atoms with Gasteiger partial charge in [-0.2, -0.15) is 0 Å². The molecule has 7 heteroatoms. The lowest BCUT2D eigenvalue weighted by Gasteiger charge is -2.32. The Hall–Kier alpha value is -3.87. The lowest BCUT2D eigenvalue weighted by molar-refractivity contribution is -0.254. The first kappa shape index (κ1) is 18.5. The molecule has 0 saturated heterocycles. The number of hydrogen-bond donors (Lipinski definition) is 1. The molecule has 0 bridgehead atoms.